The van der Waals surface area contributed by atoms with Gasteiger partial charge in [-0.2, -0.15) is 0 Å². The molecule has 0 saturated heterocycles. The van der Waals surface area contributed by atoms with Gasteiger partial charge in [0.05, 0.1) is 0 Å². The highest BCUT2D eigenvalue weighted by Gasteiger charge is 2.36. The Hall–Kier alpha value is -0.770. The standard InChI is InChI=1S/C15H28N2O2/c1-2-19-10-9-15(7-4-8-15)12-17-14(18)16-11-13-5-3-6-13/h13H,2-12H2,1H3,(H2,16,17,18). The van der Waals surface area contributed by atoms with E-state index in [4.69, 9.17) is 4.74 Å². The third-order valence-electron chi connectivity index (χ3n) is 4.80. The molecule has 0 bridgehead atoms. The van der Waals surface area contributed by atoms with E-state index in [2.05, 4.69) is 10.6 Å². The van der Waals surface area contributed by atoms with E-state index in [1.165, 1.54) is 38.5 Å². The van der Waals surface area contributed by atoms with Gasteiger partial charge in [0, 0.05) is 26.3 Å². The Morgan fingerprint density at radius 2 is 2.05 bits per heavy atom. The van der Waals surface area contributed by atoms with Crippen molar-refractivity contribution in [2.24, 2.45) is 11.3 Å². The van der Waals surface area contributed by atoms with Gasteiger partial charge >= 0.3 is 6.03 Å². The lowest BCUT2D eigenvalue weighted by Gasteiger charge is -2.42. The molecule has 0 atom stereocenters. The Kier molecular flexibility index (Phi) is 5.49. The fourth-order valence-corrected chi connectivity index (χ4v) is 2.89. The lowest BCUT2D eigenvalue weighted by atomic mass is 9.67. The van der Waals surface area contributed by atoms with E-state index in [0.29, 0.717) is 5.41 Å². The summed E-state index contributed by atoms with van der Waals surface area (Å²) in [4.78, 5) is 11.8. The van der Waals surface area contributed by atoms with Crippen molar-refractivity contribution in [3.05, 3.63) is 0 Å². The smallest absolute Gasteiger partial charge is 0.314 e. The largest absolute Gasteiger partial charge is 0.382 e. The van der Waals surface area contributed by atoms with Gasteiger partial charge in [-0.05, 0) is 50.4 Å². The van der Waals surface area contributed by atoms with Crippen LogP contribution in [0.2, 0.25) is 0 Å². The van der Waals surface area contributed by atoms with Crippen LogP contribution in [0.5, 0.6) is 0 Å². The molecule has 0 heterocycles. The molecule has 19 heavy (non-hydrogen) atoms. The molecule has 2 N–H and O–H groups in total. The molecule has 2 rings (SSSR count). The topological polar surface area (TPSA) is 50.4 Å². The number of hydrogen-bond donors (Lipinski definition) is 2. The van der Waals surface area contributed by atoms with Crippen LogP contribution >= 0.6 is 0 Å². The highest BCUT2D eigenvalue weighted by molar-refractivity contribution is 5.73. The van der Waals surface area contributed by atoms with Gasteiger partial charge in [-0.3, -0.25) is 0 Å². The Bertz CT molecular complexity index is 286. The van der Waals surface area contributed by atoms with Crippen LogP contribution in [-0.2, 0) is 4.74 Å². The first kappa shape index (κ1) is 14.6. The zero-order chi connectivity index (χ0) is 13.6. The van der Waals surface area contributed by atoms with Gasteiger partial charge in [0.2, 0.25) is 0 Å². The number of amides is 2. The molecule has 0 unspecified atom stereocenters. The molecule has 0 aromatic heterocycles. The second kappa shape index (κ2) is 7.13. The van der Waals surface area contributed by atoms with Crippen molar-refractivity contribution in [1.29, 1.82) is 0 Å². The number of urea groups is 1. The van der Waals surface area contributed by atoms with Crippen LogP contribution in [0.15, 0.2) is 0 Å². The molecule has 2 aliphatic carbocycles. The van der Waals surface area contributed by atoms with E-state index < -0.39 is 0 Å². The minimum Gasteiger partial charge on any atom is -0.382 e. The lowest BCUT2D eigenvalue weighted by Crippen LogP contribution is -2.47. The first-order chi connectivity index (χ1) is 9.24. The van der Waals surface area contributed by atoms with Gasteiger partial charge in [0.1, 0.15) is 0 Å². The van der Waals surface area contributed by atoms with Crippen LogP contribution in [-0.4, -0.2) is 32.3 Å². The Labute approximate surface area is 116 Å². The van der Waals surface area contributed by atoms with Crippen LogP contribution in [0.25, 0.3) is 0 Å². The van der Waals surface area contributed by atoms with Crippen molar-refractivity contribution >= 4 is 6.03 Å². The van der Waals surface area contributed by atoms with E-state index in [-0.39, 0.29) is 6.03 Å². The minimum atomic E-state index is 0.00887. The predicted octanol–water partition coefficient (Wildman–Crippen LogP) is 2.68. The fourth-order valence-electron chi connectivity index (χ4n) is 2.89. The minimum absolute atomic E-state index is 0.00887. The molecule has 2 amide bonds. The molecular weight excluding hydrogens is 240 g/mol. The van der Waals surface area contributed by atoms with E-state index >= 15 is 0 Å². The number of ether oxygens (including phenoxy) is 1. The normalized spacial score (nSPS) is 21.3. The van der Waals surface area contributed by atoms with Crippen LogP contribution in [0.3, 0.4) is 0 Å². The number of nitrogens with one attached hydrogen (secondary N) is 2. The Morgan fingerprint density at radius 1 is 1.26 bits per heavy atom. The molecule has 110 valence electrons. The Balaban J connectivity index is 1.59. The van der Waals surface area contributed by atoms with Crippen LogP contribution in [0.1, 0.15) is 51.9 Å². The second-order valence-electron chi connectivity index (χ2n) is 6.16. The van der Waals surface area contributed by atoms with Crippen molar-refractivity contribution in [1.82, 2.24) is 10.6 Å². The van der Waals surface area contributed by atoms with Gasteiger partial charge < -0.3 is 15.4 Å². The van der Waals surface area contributed by atoms with E-state index in [0.717, 1.165) is 38.6 Å². The zero-order valence-corrected chi connectivity index (χ0v) is 12.2. The summed E-state index contributed by atoms with van der Waals surface area (Å²) in [6.07, 6.45) is 8.69. The lowest BCUT2D eigenvalue weighted by molar-refractivity contribution is 0.0557. The molecule has 0 aromatic carbocycles. The van der Waals surface area contributed by atoms with Gasteiger partial charge in [-0.25, -0.2) is 4.79 Å². The number of hydrogen-bond acceptors (Lipinski definition) is 2. The third kappa shape index (κ3) is 4.37. The molecule has 0 spiro atoms. The summed E-state index contributed by atoms with van der Waals surface area (Å²) >= 11 is 0. The summed E-state index contributed by atoms with van der Waals surface area (Å²) in [5.74, 6) is 0.723. The molecule has 4 nitrogen and oxygen atoms in total. The van der Waals surface area contributed by atoms with Crippen LogP contribution < -0.4 is 10.6 Å². The van der Waals surface area contributed by atoms with Crippen molar-refractivity contribution in [3.8, 4) is 0 Å². The molecule has 2 aliphatic rings. The molecule has 0 radical (unpaired) electrons. The van der Waals surface area contributed by atoms with E-state index in [1.807, 2.05) is 6.92 Å². The predicted molar refractivity (Wildman–Crippen MR) is 76.1 cm³/mol. The third-order valence-corrected chi connectivity index (χ3v) is 4.80. The maximum atomic E-state index is 11.8. The monoisotopic (exact) mass is 268 g/mol. The van der Waals surface area contributed by atoms with Gasteiger partial charge in [0.25, 0.3) is 0 Å². The molecule has 2 fully saturated rings. The molecule has 4 heteroatoms. The van der Waals surface area contributed by atoms with Gasteiger partial charge in [-0.1, -0.05) is 12.8 Å². The quantitative estimate of drug-likeness (QED) is 0.665. The summed E-state index contributed by atoms with van der Waals surface area (Å²) in [7, 11) is 0. The first-order valence-electron chi connectivity index (χ1n) is 7.83. The number of rotatable bonds is 8. The number of carbonyl (C=O) groups excluding carboxylic acids is 1. The highest BCUT2D eigenvalue weighted by atomic mass is 16.5. The maximum absolute atomic E-state index is 11.8. The summed E-state index contributed by atoms with van der Waals surface area (Å²) in [5.41, 5.74) is 0.309. The van der Waals surface area contributed by atoms with Crippen molar-refractivity contribution in [2.75, 3.05) is 26.3 Å². The van der Waals surface area contributed by atoms with Crippen molar-refractivity contribution in [3.63, 3.8) is 0 Å². The average Bonchev–Trinajstić information content (AvgIpc) is 2.29. The molecule has 2 saturated carbocycles. The Morgan fingerprint density at radius 3 is 2.58 bits per heavy atom. The van der Waals surface area contributed by atoms with Crippen molar-refractivity contribution in [2.45, 2.75) is 51.9 Å². The molecular formula is C15H28N2O2. The van der Waals surface area contributed by atoms with Crippen LogP contribution in [0, 0.1) is 11.3 Å². The van der Waals surface area contributed by atoms with Crippen LogP contribution in [0.4, 0.5) is 4.79 Å². The first-order valence-corrected chi connectivity index (χ1v) is 7.83. The molecule has 0 aliphatic heterocycles. The fraction of sp³-hybridized carbons (Fsp3) is 0.933. The SMILES string of the molecule is CCOCCC1(CNC(=O)NCC2CCC2)CCC1. The average molecular weight is 268 g/mol. The van der Waals surface area contributed by atoms with Gasteiger partial charge in [-0.15, -0.1) is 0 Å². The van der Waals surface area contributed by atoms with Crippen molar-refractivity contribution < 1.29 is 9.53 Å². The second-order valence-corrected chi connectivity index (χ2v) is 6.16. The van der Waals surface area contributed by atoms with Gasteiger partial charge in [0.15, 0.2) is 0 Å². The highest BCUT2D eigenvalue weighted by Crippen LogP contribution is 2.43. The number of carbonyl (C=O) groups is 1. The molecule has 0 aromatic rings. The van der Waals surface area contributed by atoms with E-state index in [9.17, 15) is 4.79 Å². The van der Waals surface area contributed by atoms with E-state index in [1.54, 1.807) is 0 Å². The summed E-state index contributed by atoms with van der Waals surface area (Å²) < 4.78 is 5.44. The summed E-state index contributed by atoms with van der Waals surface area (Å²) in [5, 5.41) is 6.04. The summed E-state index contributed by atoms with van der Waals surface area (Å²) in [6.45, 7) is 5.28. The maximum Gasteiger partial charge on any atom is 0.314 e. The summed E-state index contributed by atoms with van der Waals surface area (Å²) in [6, 6.07) is 0.00887. The zero-order valence-electron chi connectivity index (χ0n) is 12.2.